The van der Waals surface area contributed by atoms with Gasteiger partial charge in [0, 0.05) is 17.1 Å². The van der Waals surface area contributed by atoms with Crippen molar-refractivity contribution in [1.82, 2.24) is 5.32 Å². The number of benzene rings is 1. The summed E-state index contributed by atoms with van der Waals surface area (Å²) >= 11 is 3.63. The first kappa shape index (κ1) is 14.0. The molecular weight excluding hydrogens is 290 g/mol. The molecule has 0 bridgehead atoms. The van der Waals surface area contributed by atoms with Crippen molar-refractivity contribution < 1.29 is 4.74 Å². The summed E-state index contributed by atoms with van der Waals surface area (Å²) in [4.78, 5) is 0. The number of nitrogens with one attached hydrogen (secondary N) is 1. The van der Waals surface area contributed by atoms with Crippen LogP contribution in [0.1, 0.15) is 31.7 Å². The molecule has 0 spiro atoms. The van der Waals surface area contributed by atoms with Crippen LogP contribution < -0.4 is 5.32 Å². The predicted octanol–water partition coefficient (Wildman–Crippen LogP) is 3.54. The van der Waals surface area contributed by atoms with Crippen LogP contribution in [0.25, 0.3) is 0 Å². The van der Waals surface area contributed by atoms with E-state index in [9.17, 15) is 0 Å². The average molecular weight is 312 g/mol. The van der Waals surface area contributed by atoms with Gasteiger partial charge >= 0.3 is 0 Å². The maximum absolute atomic E-state index is 5.85. The summed E-state index contributed by atoms with van der Waals surface area (Å²) in [5.74, 6) is 0. The van der Waals surface area contributed by atoms with Crippen LogP contribution in [0.2, 0.25) is 0 Å². The molecule has 2 rings (SSSR count). The molecule has 2 unspecified atom stereocenters. The molecule has 2 atom stereocenters. The van der Waals surface area contributed by atoms with E-state index in [1.807, 2.05) is 0 Å². The second kappa shape index (κ2) is 7.27. The molecule has 1 heterocycles. The second-order valence-corrected chi connectivity index (χ2v) is 5.76. The highest BCUT2D eigenvalue weighted by Gasteiger charge is 2.25. The van der Waals surface area contributed by atoms with Crippen molar-refractivity contribution in [2.75, 3.05) is 13.2 Å². The Bertz CT molecular complexity index is 363. The van der Waals surface area contributed by atoms with Gasteiger partial charge in [0.05, 0.1) is 6.10 Å². The van der Waals surface area contributed by atoms with E-state index in [0.717, 1.165) is 19.6 Å². The lowest BCUT2D eigenvalue weighted by molar-refractivity contribution is 0.0783. The number of halogens is 1. The zero-order valence-corrected chi connectivity index (χ0v) is 12.6. The summed E-state index contributed by atoms with van der Waals surface area (Å²) in [5.41, 5.74) is 1.36. The Labute approximate surface area is 118 Å². The van der Waals surface area contributed by atoms with E-state index in [0.29, 0.717) is 12.1 Å². The molecule has 0 amide bonds. The molecule has 0 radical (unpaired) electrons. The van der Waals surface area contributed by atoms with E-state index >= 15 is 0 Å². The van der Waals surface area contributed by atoms with E-state index in [2.05, 4.69) is 52.4 Å². The van der Waals surface area contributed by atoms with E-state index in [1.165, 1.54) is 29.3 Å². The lowest BCUT2D eigenvalue weighted by Gasteiger charge is -2.24. The molecule has 1 aromatic rings. The Morgan fingerprint density at radius 3 is 2.94 bits per heavy atom. The number of hydrogen-bond acceptors (Lipinski definition) is 2. The molecule has 3 heteroatoms. The van der Waals surface area contributed by atoms with Gasteiger partial charge in [-0.25, -0.2) is 0 Å². The van der Waals surface area contributed by atoms with E-state index in [-0.39, 0.29) is 0 Å². The first-order chi connectivity index (χ1) is 8.81. The van der Waals surface area contributed by atoms with Crippen LogP contribution in [0, 0.1) is 0 Å². The Hall–Kier alpha value is -0.380. The SMILES string of the molecule is CCCNC(Cc1ccccc1Br)C1CCCO1. The molecule has 1 aliphatic rings. The zero-order valence-electron chi connectivity index (χ0n) is 11.0. The van der Waals surface area contributed by atoms with Gasteiger partial charge in [0.25, 0.3) is 0 Å². The molecule has 0 aliphatic carbocycles. The highest BCUT2D eigenvalue weighted by molar-refractivity contribution is 9.10. The minimum absolute atomic E-state index is 0.378. The molecule has 1 fully saturated rings. The van der Waals surface area contributed by atoms with Crippen molar-refractivity contribution in [3.63, 3.8) is 0 Å². The van der Waals surface area contributed by atoms with Gasteiger partial charge in [-0.15, -0.1) is 0 Å². The van der Waals surface area contributed by atoms with E-state index < -0.39 is 0 Å². The lowest BCUT2D eigenvalue weighted by atomic mass is 9.99. The molecule has 1 aromatic carbocycles. The van der Waals surface area contributed by atoms with Gasteiger partial charge in [-0.1, -0.05) is 41.1 Å². The third kappa shape index (κ3) is 3.81. The lowest BCUT2D eigenvalue weighted by Crippen LogP contribution is -2.41. The first-order valence-corrected chi connectivity index (χ1v) is 7.69. The molecule has 0 saturated carbocycles. The fourth-order valence-electron chi connectivity index (χ4n) is 2.49. The van der Waals surface area contributed by atoms with Crippen LogP contribution in [-0.4, -0.2) is 25.3 Å². The van der Waals surface area contributed by atoms with Crippen molar-refractivity contribution in [1.29, 1.82) is 0 Å². The van der Waals surface area contributed by atoms with Crippen LogP contribution in [0.15, 0.2) is 28.7 Å². The molecular formula is C15H22BrNO. The molecule has 0 aromatic heterocycles. The maximum Gasteiger partial charge on any atom is 0.0732 e. The number of hydrogen-bond donors (Lipinski definition) is 1. The fourth-order valence-corrected chi connectivity index (χ4v) is 2.93. The minimum atomic E-state index is 0.378. The minimum Gasteiger partial charge on any atom is -0.377 e. The van der Waals surface area contributed by atoms with E-state index in [4.69, 9.17) is 4.74 Å². The van der Waals surface area contributed by atoms with Crippen LogP contribution in [0.4, 0.5) is 0 Å². The highest BCUT2D eigenvalue weighted by Crippen LogP contribution is 2.22. The second-order valence-electron chi connectivity index (χ2n) is 4.91. The molecule has 1 aliphatic heterocycles. The Morgan fingerprint density at radius 2 is 2.28 bits per heavy atom. The van der Waals surface area contributed by atoms with Gasteiger partial charge in [-0.05, 0) is 43.9 Å². The van der Waals surface area contributed by atoms with Gasteiger partial charge in [0.1, 0.15) is 0 Å². The van der Waals surface area contributed by atoms with Crippen molar-refractivity contribution in [3.8, 4) is 0 Å². The quantitative estimate of drug-likeness (QED) is 0.867. The molecule has 100 valence electrons. The first-order valence-electron chi connectivity index (χ1n) is 6.89. The largest absolute Gasteiger partial charge is 0.377 e. The van der Waals surface area contributed by atoms with Crippen LogP contribution in [-0.2, 0) is 11.2 Å². The van der Waals surface area contributed by atoms with Gasteiger partial charge in [0.2, 0.25) is 0 Å². The van der Waals surface area contributed by atoms with Gasteiger partial charge < -0.3 is 10.1 Å². The van der Waals surface area contributed by atoms with Crippen LogP contribution in [0.5, 0.6) is 0 Å². The molecule has 1 saturated heterocycles. The number of ether oxygens (including phenoxy) is 1. The monoisotopic (exact) mass is 311 g/mol. The fraction of sp³-hybridized carbons (Fsp3) is 0.600. The summed E-state index contributed by atoms with van der Waals surface area (Å²) in [6.45, 7) is 4.19. The Balaban J connectivity index is 2.02. The predicted molar refractivity (Wildman–Crippen MR) is 78.9 cm³/mol. The van der Waals surface area contributed by atoms with Gasteiger partial charge in [-0.3, -0.25) is 0 Å². The van der Waals surface area contributed by atoms with Crippen molar-refractivity contribution in [3.05, 3.63) is 34.3 Å². The molecule has 2 nitrogen and oxygen atoms in total. The van der Waals surface area contributed by atoms with Crippen LogP contribution in [0.3, 0.4) is 0 Å². The van der Waals surface area contributed by atoms with Crippen molar-refractivity contribution in [2.45, 2.75) is 44.8 Å². The third-order valence-corrected chi connectivity index (χ3v) is 4.24. The summed E-state index contributed by atoms with van der Waals surface area (Å²) in [6, 6.07) is 8.91. The average Bonchev–Trinajstić information content (AvgIpc) is 2.90. The maximum atomic E-state index is 5.85. The van der Waals surface area contributed by atoms with Crippen molar-refractivity contribution in [2.24, 2.45) is 0 Å². The third-order valence-electron chi connectivity index (χ3n) is 3.47. The standard InChI is InChI=1S/C15H22BrNO/c1-2-9-17-14(15-8-5-10-18-15)11-12-6-3-4-7-13(12)16/h3-4,6-7,14-15,17H,2,5,8-11H2,1H3. The summed E-state index contributed by atoms with van der Waals surface area (Å²) < 4.78 is 7.05. The van der Waals surface area contributed by atoms with E-state index in [1.54, 1.807) is 0 Å². The smallest absolute Gasteiger partial charge is 0.0732 e. The summed E-state index contributed by atoms with van der Waals surface area (Å²) in [6.07, 6.45) is 4.96. The van der Waals surface area contributed by atoms with Gasteiger partial charge in [-0.2, -0.15) is 0 Å². The summed E-state index contributed by atoms with van der Waals surface area (Å²) in [5, 5.41) is 3.64. The molecule has 1 N–H and O–H groups in total. The Morgan fingerprint density at radius 1 is 1.44 bits per heavy atom. The molecule has 18 heavy (non-hydrogen) atoms. The highest BCUT2D eigenvalue weighted by atomic mass is 79.9. The zero-order chi connectivity index (χ0) is 12.8. The summed E-state index contributed by atoms with van der Waals surface area (Å²) in [7, 11) is 0. The van der Waals surface area contributed by atoms with Crippen molar-refractivity contribution >= 4 is 15.9 Å². The normalized spacial score (nSPS) is 21.1. The topological polar surface area (TPSA) is 21.3 Å². The Kier molecular flexibility index (Phi) is 5.67. The van der Waals surface area contributed by atoms with Crippen LogP contribution >= 0.6 is 15.9 Å². The van der Waals surface area contributed by atoms with Gasteiger partial charge in [0.15, 0.2) is 0 Å². The number of rotatable bonds is 6.